The van der Waals surface area contributed by atoms with E-state index in [0.29, 0.717) is 17.3 Å². The first-order valence-electron chi connectivity index (χ1n) is 8.51. The molecule has 2 rings (SSSR count). The molecule has 0 saturated heterocycles. The number of rotatable bonds is 7. The third-order valence-electron chi connectivity index (χ3n) is 4.16. The molecular weight excluding hydrogens is 342 g/mol. The molecule has 1 amide bonds. The Morgan fingerprint density at radius 1 is 1.32 bits per heavy atom. The standard InChI is InChI=1S/C19H24ClNO4/c1-13(18(22)21-11-10-14-6-4-3-5-7-14)25-19(23)16-12-15(20)8-9-17(16)24-2/h6,8-9,12-13H,3-5,7,10-11H2,1-2H3,(H,21,22). The fraction of sp³-hybridized carbons (Fsp3) is 0.474. The first-order chi connectivity index (χ1) is 12.0. The van der Waals surface area contributed by atoms with Crippen LogP contribution in [0.3, 0.4) is 0 Å². The summed E-state index contributed by atoms with van der Waals surface area (Å²) in [6.07, 6.45) is 6.90. The van der Waals surface area contributed by atoms with Crippen molar-refractivity contribution in [2.24, 2.45) is 0 Å². The van der Waals surface area contributed by atoms with E-state index in [0.717, 1.165) is 19.3 Å². The molecule has 1 unspecified atom stereocenters. The number of amides is 1. The molecule has 1 aliphatic carbocycles. The Morgan fingerprint density at radius 3 is 2.80 bits per heavy atom. The lowest BCUT2D eigenvalue weighted by atomic mass is 9.97. The molecule has 1 aliphatic rings. The molecule has 0 aromatic heterocycles. The molecule has 0 saturated carbocycles. The summed E-state index contributed by atoms with van der Waals surface area (Å²) in [6, 6.07) is 4.66. The van der Waals surface area contributed by atoms with E-state index in [2.05, 4.69) is 11.4 Å². The molecule has 0 heterocycles. The summed E-state index contributed by atoms with van der Waals surface area (Å²) in [5.74, 6) is -0.603. The number of nitrogens with one attached hydrogen (secondary N) is 1. The third-order valence-corrected chi connectivity index (χ3v) is 4.40. The maximum absolute atomic E-state index is 12.3. The SMILES string of the molecule is COc1ccc(Cl)cc1C(=O)OC(C)C(=O)NCCC1=CCCCC1. The summed E-state index contributed by atoms with van der Waals surface area (Å²) in [6.45, 7) is 2.09. The van der Waals surface area contributed by atoms with Crippen LogP contribution in [0.15, 0.2) is 29.8 Å². The molecule has 0 radical (unpaired) electrons. The van der Waals surface area contributed by atoms with E-state index in [1.54, 1.807) is 19.1 Å². The number of halogens is 1. The van der Waals surface area contributed by atoms with Crippen molar-refractivity contribution in [3.8, 4) is 5.75 Å². The Balaban J connectivity index is 1.84. The minimum Gasteiger partial charge on any atom is -0.496 e. The van der Waals surface area contributed by atoms with Crippen molar-refractivity contribution in [1.82, 2.24) is 5.32 Å². The predicted molar refractivity (Wildman–Crippen MR) is 97.1 cm³/mol. The van der Waals surface area contributed by atoms with Crippen LogP contribution in [0.2, 0.25) is 5.02 Å². The molecule has 1 aromatic carbocycles. The molecule has 0 bridgehead atoms. The van der Waals surface area contributed by atoms with Crippen molar-refractivity contribution in [3.05, 3.63) is 40.4 Å². The van der Waals surface area contributed by atoms with Crippen LogP contribution in [0.25, 0.3) is 0 Å². The lowest BCUT2D eigenvalue weighted by Gasteiger charge is -2.16. The van der Waals surface area contributed by atoms with Gasteiger partial charge >= 0.3 is 5.97 Å². The van der Waals surface area contributed by atoms with Crippen LogP contribution >= 0.6 is 11.6 Å². The maximum atomic E-state index is 12.3. The van der Waals surface area contributed by atoms with Gasteiger partial charge in [-0.05, 0) is 57.2 Å². The lowest BCUT2D eigenvalue weighted by molar-refractivity contribution is -0.129. The van der Waals surface area contributed by atoms with Gasteiger partial charge in [-0.2, -0.15) is 0 Å². The van der Waals surface area contributed by atoms with E-state index in [-0.39, 0.29) is 11.5 Å². The molecule has 1 aromatic rings. The molecular formula is C19H24ClNO4. The average molecular weight is 366 g/mol. The topological polar surface area (TPSA) is 64.6 Å². The largest absolute Gasteiger partial charge is 0.496 e. The van der Waals surface area contributed by atoms with Gasteiger partial charge in [0.15, 0.2) is 6.10 Å². The number of benzene rings is 1. The Bertz CT molecular complexity index is 657. The number of hydrogen-bond acceptors (Lipinski definition) is 4. The van der Waals surface area contributed by atoms with Gasteiger partial charge in [0.1, 0.15) is 11.3 Å². The molecule has 6 heteroatoms. The van der Waals surface area contributed by atoms with Crippen molar-refractivity contribution in [2.45, 2.75) is 45.1 Å². The normalized spacial score (nSPS) is 15.1. The molecule has 25 heavy (non-hydrogen) atoms. The van der Waals surface area contributed by atoms with Gasteiger partial charge in [0.25, 0.3) is 5.91 Å². The fourth-order valence-electron chi connectivity index (χ4n) is 2.74. The highest BCUT2D eigenvalue weighted by Gasteiger charge is 2.21. The first-order valence-corrected chi connectivity index (χ1v) is 8.89. The van der Waals surface area contributed by atoms with Crippen LogP contribution in [0, 0.1) is 0 Å². The predicted octanol–water partition coefficient (Wildman–Crippen LogP) is 3.90. The van der Waals surface area contributed by atoms with Crippen LogP contribution in [0.5, 0.6) is 5.75 Å². The zero-order chi connectivity index (χ0) is 18.2. The molecule has 1 N–H and O–H groups in total. The van der Waals surface area contributed by atoms with E-state index < -0.39 is 12.1 Å². The quantitative estimate of drug-likeness (QED) is 0.588. The number of carbonyl (C=O) groups is 2. The average Bonchev–Trinajstić information content (AvgIpc) is 2.62. The first kappa shape index (κ1) is 19.3. The van der Waals surface area contributed by atoms with E-state index in [4.69, 9.17) is 21.1 Å². The Morgan fingerprint density at radius 2 is 2.12 bits per heavy atom. The number of allylic oxidation sites excluding steroid dienone is 1. The van der Waals surface area contributed by atoms with Gasteiger partial charge in [-0.3, -0.25) is 4.79 Å². The van der Waals surface area contributed by atoms with Gasteiger partial charge < -0.3 is 14.8 Å². The Kier molecular flexibility index (Phi) is 7.31. The summed E-state index contributed by atoms with van der Waals surface area (Å²) < 4.78 is 10.4. The van der Waals surface area contributed by atoms with E-state index >= 15 is 0 Å². The van der Waals surface area contributed by atoms with Gasteiger partial charge in [0.05, 0.1) is 7.11 Å². The van der Waals surface area contributed by atoms with Crippen LogP contribution in [0.1, 0.15) is 49.4 Å². The fourth-order valence-corrected chi connectivity index (χ4v) is 2.91. The van der Waals surface area contributed by atoms with Crippen molar-refractivity contribution in [3.63, 3.8) is 0 Å². The zero-order valence-corrected chi connectivity index (χ0v) is 15.4. The van der Waals surface area contributed by atoms with E-state index in [9.17, 15) is 9.59 Å². The van der Waals surface area contributed by atoms with Crippen LogP contribution in [-0.2, 0) is 9.53 Å². The minimum absolute atomic E-state index is 0.196. The molecule has 136 valence electrons. The molecule has 0 spiro atoms. The second-order valence-corrected chi connectivity index (χ2v) is 6.48. The smallest absolute Gasteiger partial charge is 0.342 e. The summed E-state index contributed by atoms with van der Waals surface area (Å²) in [5, 5.41) is 3.21. The van der Waals surface area contributed by atoms with Crippen molar-refractivity contribution < 1.29 is 19.1 Å². The molecule has 5 nitrogen and oxygen atoms in total. The second-order valence-electron chi connectivity index (χ2n) is 6.04. The van der Waals surface area contributed by atoms with Gasteiger partial charge in [0.2, 0.25) is 0 Å². The van der Waals surface area contributed by atoms with Crippen molar-refractivity contribution in [2.75, 3.05) is 13.7 Å². The summed E-state index contributed by atoms with van der Waals surface area (Å²) in [7, 11) is 1.45. The van der Waals surface area contributed by atoms with Crippen molar-refractivity contribution in [1.29, 1.82) is 0 Å². The second kappa shape index (κ2) is 9.47. The molecule has 0 fully saturated rings. The van der Waals surface area contributed by atoms with E-state index in [1.807, 2.05) is 0 Å². The number of esters is 1. The third kappa shape index (κ3) is 5.78. The Hall–Kier alpha value is -2.01. The van der Waals surface area contributed by atoms with Crippen LogP contribution in [-0.4, -0.2) is 31.6 Å². The highest BCUT2D eigenvalue weighted by molar-refractivity contribution is 6.31. The Labute approximate surface area is 153 Å². The molecule has 0 aliphatic heterocycles. The summed E-state index contributed by atoms with van der Waals surface area (Å²) in [5.41, 5.74) is 1.59. The number of methoxy groups -OCH3 is 1. The van der Waals surface area contributed by atoms with Crippen LogP contribution < -0.4 is 10.1 Å². The monoisotopic (exact) mass is 365 g/mol. The number of ether oxygens (including phenoxy) is 2. The highest BCUT2D eigenvalue weighted by Crippen LogP contribution is 2.24. The van der Waals surface area contributed by atoms with Gasteiger partial charge in [-0.1, -0.05) is 23.3 Å². The van der Waals surface area contributed by atoms with Gasteiger partial charge in [0, 0.05) is 11.6 Å². The van der Waals surface area contributed by atoms with Crippen LogP contribution in [0.4, 0.5) is 0 Å². The van der Waals surface area contributed by atoms with Crippen molar-refractivity contribution >= 4 is 23.5 Å². The van der Waals surface area contributed by atoms with E-state index in [1.165, 1.54) is 31.6 Å². The minimum atomic E-state index is -0.892. The summed E-state index contributed by atoms with van der Waals surface area (Å²) >= 11 is 5.91. The van der Waals surface area contributed by atoms with Gasteiger partial charge in [-0.25, -0.2) is 4.79 Å². The molecule has 1 atom stereocenters. The van der Waals surface area contributed by atoms with Gasteiger partial charge in [-0.15, -0.1) is 0 Å². The maximum Gasteiger partial charge on any atom is 0.342 e. The lowest BCUT2D eigenvalue weighted by Crippen LogP contribution is -2.36. The summed E-state index contributed by atoms with van der Waals surface area (Å²) in [4.78, 5) is 24.4. The highest BCUT2D eigenvalue weighted by atomic mass is 35.5. The number of carbonyl (C=O) groups excluding carboxylic acids is 2. The number of hydrogen-bond donors (Lipinski definition) is 1. The zero-order valence-electron chi connectivity index (χ0n) is 14.6.